The van der Waals surface area contributed by atoms with E-state index in [0.717, 1.165) is 19.4 Å². The van der Waals surface area contributed by atoms with Crippen molar-refractivity contribution in [1.29, 1.82) is 5.26 Å². The molecule has 1 aromatic carbocycles. The quantitative estimate of drug-likeness (QED) is 0.692. The summed E-state index contributed by atoms with van der Waals surface area (Å²) in [7, 11) is 0. The molecule has 0 radical (unpaired) electrons. The molecule has 2 saturated carbocycles. The van der Waals surface area contributed by atoms with E-state index in [2.05, 4.69) is 5.32 Å². The van der Waals surface area contributed by atoms with Crippen LogP contribution in [0.2, 0.25) is 0 Å². The first kappa shape index (κ1) is 18.2. The van der Waals surface area contributed by atoms with E-state index in [4.69, 9.17) is 15.1 Å². The van der Waals surface area contributed by atoms with Crippen molar-refractivity contribution in [2.24, 2.45) is 5.92 Å². The summed E-state index contributed by atoms with van der Waals surface area (Å²) in [6.07, 6.45) is 3.94. The molecule has 2 fully saturated rings. The molecule has 2 aliphatic rings. The fourth-order valence-corrected chi connectivity index (χ4v) is 3.20. The van der Waals surface area contributed by atoms with Crippen LogP contribution in [0.1, 0.15) is 31.2 Å². The number of nitrogens with one attached hydrogen (secondary N) is 1. The molecule has 0 bridgehead atoms. The van der Waals surface area contributed by atoms with Crippen LogP contribution in [0.5, 0.6) is 5.75 Å². The first-order valence-electron chi connectivity index (χ1n) is 8.91. The normalized spacial score (nSPS) is 21.5. The van der Waals surface area contributed by atoms with E-state index < -0.39 is 5.97 Å². The predicted molar refractivity (Wildman–Crippen MR) is 93.5 cm³/mol. The summed E-state index contributed by atoms with van der Waals surface area (Å²) < 4.78 is 5.41. The lowest BCUT2D eigenvalue weighted by Crippen LogP contribution is -2.55. The van der Waals surface area contributed by atoms with Gasteiger partial charge in [0.25, 0.3) is 5.91 Å². The Morgan fingerprint density at radius 3 is 2.54 bits per heavy atom. The second-order valence-corrected chi connectivity index (χ2v) is 7.08. The van der Waals surface area contributed by atoms with Gasteiger partial charge in [-0.3, -0.25) is 14.5 Å². The van der Waals surface area contributed by atoms with E-state index >= 15 is 0 Å². The summed E-state index contributed by atoms with van der Waals surface area (Å²) in [5.41, 5.74) is 0.541. The fourth-order valence-electron chi connectivity index (χ4n) is 3.20. The Hall–Kier alpha value is -2.59. The number of ether oxygens (including phenoxy) is 1. The first-order chi connectivity index (χ1) is 12.5. The molecule has 26 heavy (non-hydrogen) atoms. The van der Waals surface area contributed by atoms with Gasteiger partial charge in [-0.2, -0.15) is 5.26 Å². The zero-order valence-corrected chi connectivity index (χ0v) is 14.6. The Balaban J connectivity index is 1.37. The molecule has 0 unspecified atom stereocenters. The molecule has 1 aromatic rings. The Kier molecular flexibility index (Phi) is 5.74. The number of amides is 1. The van der Waals surface area contributed by atoms with Crippen molar-refractivity contribution in [2.75, 3.05) is 19.7 Å². The molecule has 0 saturated heterocycles. The molecule has 0 atom stereocenters. The third-order valence-electron chi connectivity index (χ3n) is 4.88. The molecule has 7 heteroatoms. The average Bonchev–Trinajstić information content (AvgIpc) is 3.39. The highest BCUT2D eigenvalue weighted by atomic mass is 16.5. The summed E-state index contributed by atoms with van der Waals surface area (Å²) in [5, 5.41) is 20.7. The number of benzene rings is 1. The molecular formula is C19H23N3O4. The standard InChI is InChI=1S/C19H23N3O4/c20-9-13-3-5-17(6-4-13)26-12-18(23)21-15-7-16(8-15)22(11-19(24)25)10-14-1-2-14/h3-6,14-16H,1-2,7-8,10-12H2,(H,21,23)(H,24,25). The minimum atomic E-state index is -0.797. The van der Waals surface area contributed by atoms with Gasteiger partial charge in [0, 0.05) is 18.6 Å². The number of hydrogen-bond acceptors (Lipinski definition) is 5. The Morgan fingerprint density at radius 2 is 1.96 bits per heavy atom. The number of carboxylic acids is 1. The molecule has 7 nitrogen and oxygen atoms in total. The summed E-state index contributed by atoms with van der Waals surface area (Å²) in [6.45, 7) is 0.844. The number of carbonyl (C=O) groups excluding carboxylic acids is 1. The molecule has 0 aromatic heterocycles. The van der Waals surface area contributed by atoms with E-state index in [1.54, 1.807) is 24.3 Å². The summed E-state index contributed by atoms with van der Waals surface area (Å²) >= 11 is 0. The third kappa shape index (κ3) is 5.20. The number of hydrogen-bond donors (Lipinski definition) is 2. The Morgan fingerprint density at radius 1 is 1.27 bits per heavy atom. The van der Waals surface area contributed by atoms with Crippen LogP contribution in [-0.2, 0) is 9.59 Å². The van der Waals surface area contributed by atoms with Gasteiger partial charge >= 0.3 is 5.97 Å². The van der Waals surface area contributed by atoms with Gasteiger partial charge in [-0.15, -0.1) is 0 Å². The molecule has 3 rings (SSSR count). The van der Waals surface area contributed by atoms with E-state index in [-0.39, 0.29) is 31.1 Å². The van der Waals surface area contributed by atoms with Gasteiger partial charge in [-0.25, -0.2) is 0 Å². The van der Waals surface area contributed by atoms with Crippen LogP contribution < -0.4 is 10.1 Å². The highest BCUT2D eigenvalue weighted by molar-refractivity contribution is 5.78. The highest BCUT2D eigenvalue weighted by Gasteiger charge is 2.37. The number of aliphatic carboxylic acids is 1. The van der Waals surface area contributed by atoms with Gasteiger partial charge in [0.05, 0.1) is 18.2 Å². The van der Waals surface area contributed by atoms with Gasteiger partial charge in [0.1, 0.15) is 5.75 Å². The van der Waals surface area contributed by atoms with Crippen LogP contribution in [0, 0.1) is 17.2 Å². The van der Waals surface area contributed by atoms with Gasteiger partial charge in [0.2, 0.25) is 0 Å². The molecule has 0 heterocycles. The number of rotatable bonds is 9. The smallest absolute Gasteiger partial charge is 0.317 e. The van der Waals surface area contributed by atoms with E-state index in [1.807, 2.05) is 11.0 Å². The van der Waals surface area contributed by atoms with Crippen LogP contribution in [0.15, 0.2) is 24.3 Å². The number of carbonyl (C=O) groups is 2. The minimum Gasteiger partial charge on any atom is -0.484 e. The predicted octanol–water partition coefficient (Wildman–Crippen LogP) is 1.38. The molecule has 0 aliphatic heterocycles. The zero-order chi connectivity index (χ0) is 18.5. The highest BCUT2D eigenvalue weighted by Crippen LogP contribution is 2.33. The van der Waals surface area contributed by atoms with Crippen LogP contribution in [-0.4, -0.2) is 53.7 Å². The largest absolute Gasteiger partial charge is 0.484 e. The molecule has 2 aliphatic carbocycles. The summed E-state index contributed by atoms with van der Waals surface area (Å²) in [5.74, 6) is 0.199. The maximum Gasteiger partial charge on any atom is 0.317 e. The van der Waals surface area contributed by atoms with Crippen LogP contribution >= 0.6 is 0 Å². The SMILES string of the molecule is N#Cc1ccc(OCC(=O)NC2CC(N(CC(=O)O)CC3CC3)C2)cc1. The lowest BCUT2D eigenvalue weighted by Gasteiger charge is -2.42. The third-order valence-corrected chi connectivity index (χ3v) is 4.88. The maximum atomic E-state index is 12.0. The molecule has 0 spiro atoms. The lowest BCUT2D eigenvalue weighted by molar-refractivity contribution is -0.140. The van der Waals surface area contributed by atoms with E-state index in [9.17, 15) is 9.59 Å². The van der Waals surface area contributed by atoms with Crippen molar-refractivity contribution >= 4 is 11.9 Å². The summed E-state index contributed by atoms with van der Waals surface area (Å²) in [4.78, 5) is 25.1. The minimum absolute atomic E-state index is 0.0731. The van der Waals surface area contributed by atoms with Crippen molar-refractivity contribution in [2.45, 2.75) is 37.8 Å². The van der Waals surface area contributed by atoms with Crippen molar-refractivity contribution in [3.05, 3.63) is 29.8 Å². The Bertz CT molecular complexity index is 688. The van der Waals surface area contributed by atoms with E-state index in [0.29, 0.717) is 17.2 Å². The fraction of sp³-hybridized carbons (Fsp3) is 0.526. The number of nitriles is 1. The topological polar surface area (TPSA) is 103 Å². The van der Waals surface area contributed by atoms with Crippen LogP contribution in [0.4, 0.5) is 0 Å². The van der Waals surface area contributed by atoms with Gasteiger partial charge in [-0.05, 0) is 55.9 Å². The van der Waals surface area contributed by atoms with Crippen LogP contribution in [0.25, 0.3) is 0 Å². The molecular weight excluding hydrogens is 334 g/mol. The van der Waals surface area contributed by atoms with Crippen molar-refractivity contribution in [3.8, 4) is 11.8 Å². The van der Waals surface area contributed by atoms with Gasteiger partial charge in [0.15, 0.2) is 6.61 Å². The van der Waals surface area contributed by atoms with Crippen molar-refractivity contribution in [3.63, 3.8) is 0 Å². The molecule has 2 N–H and O–H groups in total. The second kappa shape index (κ2) is 8.19. The number of carboxylic acid groups (broad SMARTS) is 1. The zero-order valence-electron chi connectivity index (χ0n) is 14.6. The van der Waals surface area contributed by atoms with Gasteiger partial charge < -0.3 is 15.2 Å². The lowest BCUT2D eigenvalue weighted by atomic mass is 9.85. The van der Waals surface area contributed by atoms with Crippen molar-refractivity contribution in [1.82, 2.24) is 10.2 Å². The maximum absolute atomic E-state index is 12.0. The van der Waals surface area contributed by atoms with Crippen LogP contribution in [0.3, 0.4) is 0 Å². The number of nitrogens with zero attached hydrogens (tertiary/aromatic N) is 2. The first-order valence-corrected chi connectivity index (χ1v) is 8.91. The average molecular weight is 357 g/mol. The van der Waals surface area contributed by atoms with Crippen molar-refractivity contribution < 1.29 is 19.4 Å². The van der Waals surface area contributed by atoms with E-state index in [1.165, 1.54) is 12.8 Å². The van der Waals surface area contributed by atoms with Gasteiger partial charge in [-0.1, -0.05) is 0 Å². The molecule has 1 amide bonds. The molecule has 138 valence electrons. The summed E-state index contributed by atoms with van der Waals surface area (Å²) in [6, 6.07) is 8.93. The monoisotopic (exact) mass is 357 g/mol. The Labute approximate surface area is 152 Å². The second-order valence-electron chi connectivity index (χ2n) is 7.08.